The zero-order valence-corrected chi connectivity index (χ0v) is 20.0. The zero-order valence-electron chi connectivity index (χ0n) is 18.3. The second kappa shape index (κ2) is 12.7. The summed E-state index contributed by atoms with van der Waals surface area (Å²) in [4.78, 5) is 62.9. The van der Waals surface area contributed by atoms with Crippen molar-refractivity contribution in [3.8, 4) is 0 Å². The number of rotatable bonds is 1. The minimum Gasteiger partial charge on any atom is -0.456 e. The summed E-state index contributed by atoms with van der Waals surface area (Å²) in [5.41, 5.74) is 0. The third-order valence-corrected chi connectivity index (χ3v) is 7.21. The fourth-order valence-electron chi connectivity index (χ4n) is 2.99. The van der Waals surface area contributed by atoms with Gasteiger partial charge in [0.15, 0.2) is 0 Å². The lowest BCUT2D eigenvalue weighted by Gasteiger charge is -2.26. The Bertz CT molecular complexity index is 760. The van der Waals surface area contributed by atoms with E-state index in [1.165, 1.54) is 28.5 Å². The Balaban J connectivity index is 2.40. The van der Waals surface area contributed by atoms with Gasteiger partial charge in [0, 0.05) is 11.5 Å². The van der Waals surface area contributed by atoms with Crippen LogP contribution in [-0.4, -0.2) is 71.9 Å². The molecule has 4 N–H and O–H groups in total. The molecule has 10 nitrogen and oxygen atoms in total. The Morgan fingerprint density at radius 2 is 1.75 bits per heavy atom. The first kappa shape index (κ1) is 26.0. The van der Waals surface area contributed by atoms with Crippen LogP contribution in [0.2, 0.25) is 0 Å². The Hall–Kier alpha value is -2.21. The number of ether oxygens (including phenoxy) is 1. The fraction of sp³-hybridized carbons (Fsp3) is 0.650. The number of esters is 1. The molecule has 4 amide bonds. The van der Waals surface area contributed by atoms with Gasteiger partial charge in [0.1, 0.15) is 30.8 Å². The average Bonchev–Trinajstić information content (AvgIpc) is 2.72. The van der Waals surface area contributed by atoms with Gasteiger partial charge in [0.05, 0.1) is 6.42 Å². The number of fused-ring (bicyclic) bond motifs is 7. The lowest BCUT2D eigenvalue weighted by molar-refractivity contribution is -0.148. The van der Waals surface area contributed by atoms with E-state index in [4.69, 9.17) is 4.74 Å². The molecule has 0 spiro atoms. The van der Waals surface area contributed by atoms with Crippen LogP contribution in [0.3, 0.4) is 0 Å². The Morgan fingerprint density at radius 1 is 1.00 bits per heavy atom. The number of carbonyl (C=O) groups is 5. The summed E-state index contributed by atoms with van der Waals surface area (Å²) >= 11 is 0. The molecule has 0 aromatic carbocycles. The molecule has 0 aromatic heterocycles. The predicted octanol–water partition coefficient (Wildman–Crippen LogP) is -0.110. The summed E-state index contributed by atoms with van der Waals surface area (Å²) in [5, 5.41) is 10.4. The highest BCUT2D eigenvalue weighted by Crippen LogP contribution is 2.23. The Kier molecular flexibility index (Phi) is 10.4. The summed E-state index contributed by atoms with van der Waals surface area (Å²) in [7, 11) is 2.96. The minimum absolute atomic E-state index is 0.172. The van der Waals surface area contributed by atoms with Gasteiger partial charge in [-0.05, 0) is 25.3 Å². The standard InChI is InChI=1S/C20H30N4O6S2/c1-11(2)17-20(29)23-14-10-32-31-7-5-4-6-13(8-15(25)24-17)30-16(26)9-21-18(27)12(3)22-19(14)28/h4,6,11-14,17H,5,7-10H2,1-3H3,(H,21,27)(H,22,28)(H,23,29)(H,24,25)/b6-4+/t12-,13-,14-,17-/m1/s1. The van der Waals surface area contributed by atoms with Crippen LogP contribution in [0.1, 0.15) is 33.6 Å². The van der Waals surface area contributed by atoms with E-state index in [1.54, 1.807) is 19.9 Å². The van der Waals surface area contributed by atoms with Gasteiger partial charge in [-0.25, -0.2) is 0 Å². The van der Waals surface area contributed by atoms with Gasteiger partial charge in [0.25, 0.3) is 0 Å². The van der Waals surface area contributed by atoms with Crippen LogP contribution in [0.5, 0.6) is 0 Å². The van der Waals surface area contributed by atoms with Crippen LogP contribution in [0.25, 0.3) is 0 Å². The molecule has 0 aliphatic carbocycles. The summed E-state index contributed by atoms with van der Waals surface area (Å²) in [5.74, 6) is -2.01. The quantitative estimate of drug-likeness (QED) is 0.228. The number of hydrogen-bond donors (Lipinski definition) is 4. The van der Waals surface area contributed by atoms with E-state index >= 15 is 0 Å². The SMILES string of the molecule is CC(C)[C@H]1NC(=O)C[C@H]2/C=C/CCSSC[C@@H](NC1=O)C(=O)N[C@H](C)C(=O)NCC(=O)O2. The van der Waals surface area contributed by atoms with E-state index in [1.807, 2.05) is 6.08 Å². The molecule has 0 unspecified atom stereocenters. The van der Waals surface area contributed by atoms with Crippen molar-refractivity contribution in [3.05, 3.63) is 12.2 Å². The smallest absolute Gasteiger partial charge is 0.326 e. The Labute approximate surface area is 195 Å². The van der Waals surface area contributed by atoms with Crippen LogP contribution in [0.4, 0.5) is 0 Å². The largest absolute Gasteiger partial charge is 0.456 e. The van der Waals surface area contributed by atoms with Gasteiger partial charge < -0.3 is 26.0 Å². The maximum absolute atomic E-state index is 12.9. The van der Waals surface area contributed by atoms with Crippen LogP contribution >= 0.6 is 21.6 Å². The van der Waals surface area contributed by atoms with Crippen molar-refractivity contribution < 1.29 is 28.7 Å². The molecule has 2 aliphatic rings. The summed E-state index contributed by atoms with van der Waals surface area (Å²) in [6.07, 6.45) is 3.12. The molecule has 1 fully saturated rings. The lowest BCUT2D eigenvalue weighted by Crippen LogP contribution is -2.58. The normalized spacial score (nSPS) is 30.3. The van der Waals surface area contributed by atoms with Crippen LogP contribution in [0, 0.1) is 5.92 Å². The topological polar surface area (TPSA) is 143 Å². The van der Waals surface area contributed by atoms with Crippen molar-refractivity contribution in [1.82, 2.24) is 21.3 Å². The molecular weight excluding hydrogens is 456 g/mol. The van der Waals surface area contributed by atoms with E-state index in [-0.39, 0.29) is 18.1 Å². The molecule has 2 bridgehead atoms. The number of carbonyl (C=O) groups excluding carboxylic acids is 5. The van der Waals surface area contributed by atoms with Crippen molar-refractivity contribution in [2.24, 2.45) is 5.92 Å². The molecule has 0 radical (unpaired) electrons. The molecule has 2 aliphatic heterocycles. The molecule has 32 heavy (non-hydrogen) atoms. The minimum atomic E-state index is -0.924. The molecular formula is C20H30N4O6S2. The van der Waals surface area contributed by atoms with Gasteiger partial charge in [-0.3, -0.25) is 24.0 Å². The van der Waals surface area contributed by atoms with E-state index in [0.717, 1.165) is 5.75 Å². The van der Waals surface area contributed by atoms with Gasteiger partial charge in [-0.2, -0.15) is 0 Å². The zero-order chi connectivity index (χ0) is 23.7. The molecule has 2 rings (SSSR count). The highest BCUT2D eigenvalue weighted by Gasteiger charge is 2.31. The molecule has 2 heterocycles. The number of nitrogens with one attached hydrogen (secondary N) is 4. The average molecular weight is 487 g/mol. The number of allylic oxidation sites excluding steroid dienone is 1. The van der Waals surface area contributed by atoms with Crippen LogP contribution in [0.15, 0.2) is 12.2 Å². The molecule has 0 saturated carbocycles. The molecule has 4 atom stereocenters. The highest BCUT2D eigenvalue weighted by atomic mass is 33.1. The second-order valence-corrected chi connectivity index (χ2v) is 10.5. The fourth-order valence-corrected chi connectivity index (χ4v) is 5.14. The molecule has 178 valence electrons. The summed E-state index contributed by atoms with van der Waals surface area (Å²) < 4.78 is 5.36. The van der Waals surface area contributed by atoms with E-state index in [9.17, 15) is 24.0 Å². The van der Waals surface area contributed by atoms with Gasteiger partial charge in [-0.1, -0.05) is 41.5 Å². The van der Waals surface area contributed by atoms with Crippen molar-refractivity contribution in [3.63, 3.8) is 0 Å². The Morgan fingerprint density at radius 3 is 2.47 bits per heavy atom. The van der Waals surface area contributed by atoms with Gasteiger partial charge in [-0.15, -0.1) is 0 Å². The van der Waals surface area contributed by atoms with Gasteiger partial charge >= 0.3 is 5.97 Å². The van der Waals surface area contributed by atoms with E-state index in [2.05, 4.69) is 21.3 Å². The highest BCUT2D eigenvalue weighted by molar-refractivity contribution is 8.76. The van der Waals surface area contributed by atoms with E-state index in [0.29, 0.717) is 6.42 Å². The van der Waals surface area contributed by atoms with Gasteiger partial charge in [0.2, 0.25) is 23.6 Å². The van der Waals surface area contributed by atoms with Crippen molar-refractivity contribution in [2.45, 2.75) is 57.8 Å². The maximum Gasteiger partial charge on any atom is 0.326 e. The van der Waals surface area contributed by atoms with Crippen molar-refractivity contribution in [2.75, 3.05) is 18.1 Å². The first-order valence-electron chi connectivity index (χ1n) is 10.5. The van der Waals surface area contributed by atoms with Crippen LogP contribution in [-0.2, 0) is 28.7 Å². The summed E-state index contributed by atoms with van der Waals surface area (Å²) in [6.45, 7) is 4.64. The first-order chi connectivity index (χ1) is 15.2. The lowest BCUT2D eigenvalue weighted by atomic mass is 10.0. The van der Waals surface area contributed by atoms with Crippen molar-refractivity contribution >= 4 is 51.2 Å². The third kappa shape index (κ3) is 8.38. The van der Waals surface area contributed by atoms with Crippen molar-refractivity contribution in [1.29, 1.82) is 0 Å². The van der Waals surface area contributed by atoms with Crippen LogP contribution < -0.4 is 21.3 Å². The monoisotopic (exact) mass is 486 g/mol. The molecule has 1 saturated heterocycles. The predicted molar refractivity (Wildman–Crippen MR) is 122 cm³/mol. The number of amides is 4. The second-order valence-electron chi connectivity index (χ2n) is 7.85. The molecule has 12 heteroatoms. The first-order valence-corrected chi connectivity index (χ1v) is 12.9. The van der Waals surface area contributed by atoms with E-state index < -0.39 is 60.4 Å². The maximum atomic E-state index is 12.9. The molecule has 0 aromatic rings. The number of hydrogen-bond acceptors (Lipinski definition) is 8. The third-order valence-electron chi connectivity index (χ3n) is 4.76. The summed E-state index contributed by atoms with van der Waals surface area (Å²) in [6, 6.07) is -2.71.